The van der Waals surface area contributed by atoms with Crippen molar-refractivity contribution in [3.8, 4) is 0 Å². The lowest BCUT2D eigenvalue weighted by atomic mass is 10.00. The van der Waals surface area contributed by atoms with Gasteiger partial charge in [0.25, 0.3) is 0 Å². The Morgan fingerprint density at radius 2 is 2.05 bits per heavy atom. The molecular weight excluding hydrogens is 258 g/mol. The van der Waals surface area contributed by atoms with Crippen molar-refractivity contribution in [2.24, 2.45) is 0 Å². The van der Waals surface area contributed by atoms with Crippen molar-refractivity contribution in [1.29, 1.82) is 0 Å². The highest BCUT2D eigenvalue weighted by molar-refractivity contribution is 6.30. The van der Waals surface area contributed by atoms with E-state index in [0.29, 0.717) is 11.2 Å². The second-order valence-electron chi connectivity index (χ2n) is 5.03. The second kappa shape index (κ2) is 5.27. The molecule has 2 heterocycles. The first-order valence-electron chi connectivity index (χ1n) is 6.50. The maximum absolute atomic E-state index is 6.18. The van der Waals surface area contributed by atoms with Crippen molar-refractivity contribution in [1.82, 2.24) is 14.9 Å². The van der Waals surface area contributed by atoms with E-state index in [9.17, 15) is 0 Å². The molecule has 3 nitrogen and oxygen atoms in total. The summed E-state index contributed by atoms with van der Waals surface area (Å²) in [7, 11) is 0. The van der Waals surface area contributed by atoms with Gasteiger partial charge in [-0.2, -0.15) is 0 Å². The quantitative estimate of drug-likeness (QED) is 0.788. The molecule has 98 valence electrons. The highest BCUT2D eigenvalue weighted by Gasteiger charge is 2.25. The predicted octanol–water partition coefficient (Wildman–Crippen LogP) is 3.08. The molecule has 0 spiro atoms. The van der Waals surface area contributed by atoms with Crippen LogP contribution >= 0.6 is 11.6 Å². The Morgan fingerprint density at radius 3 is 2.84 bits per heavy atom. The molecule has 0 amide bonds. The molecule has 19 heavy (non-hydrogen) atoms. The maximum Gasteiger partial charge on any atom is 0.137 e. The Labute approximate surface area is 118 Å². The third kappa shape index (κ3) is 2.62. The van der Waals surface area contributed by atoms with Crippen LogP contribution in [-0.4, -0.2) is 20.9 Å². The fourth-order valence-corrected chi connectivity index (χ4v) is 2.77. The van der Waals surface area contributed by atoms with Crippen LogP contribution in [0.1, 0.15) is 23.7 Å². The summed E-state index contributed by atoms with van der Waals surface area (Å²) in [5.74, 6) is 0. The van der Waals surface area contributed by atoms with Gasteiger partial charge in [-0.05, 0) is 12.5 Å². The maximum atomic E-state index is 6.18. The first-order chi connectivity index (χ1) is 9.24. The van der Waals surface area contributed by atoms with Crippen molar-refractivity contribution in [2.45, 2.75) is 32.5 Å². The summed E-state index contributed by atoms with van der Waals surface area (Å²) in [5.41, 5.74) is 3.50. The fraction of sp³-hybridized carbons (Fsp3) is 0.333. The van der Waals surface area contributed by atoms with Crippen molar-refractivity contribution < 1.29 is 0 Å². The molecule has 0 fully saturated rings. The number of hydrogen-bond donors (Lipinski definition) is 0. The van der Waals surface area contributed by atoms with Gasteiger partial charge in [0, 0.05) is 31.1 Å². The predicted molar refractivity (Wildman–Crippen MR) is 75.9 cm³/mol. The molecule has 1 aromatic carbocycles. The van der Waals surface area contributed by atoms with Gasteiger partial charge < -0.3 is 0 Å². The molecule has 0 unspecified atom stereocenters. The summed E-state index contributed by atoms with van der Waals surface area (Å²) in [5, 5.41) is 0.593. The molecule has 0 saturated carbocycles. The van der Waals surface area contributed by atoms with Gasteiger partial charge in [0.2, 0.25) is 0 Å². The highest BCUT2D eigenvalue weighted by Crippen LogP contribution is 2.27. The molecule has 1 aromatic heterocycles. The van der Waals surface area contributed by atoms with Crippen LogP contribution in [0.3, 0.4) is 0 Å². The summed E-state index contributed by atoms with van der Waals surface area (Å²) < 4.78 is 0. The lowest BCUT2D eigenvalue weighted by molar-refractivity contribution is 0.173. The third-order valence-electron chi connectivity index (χ3n) is 3.68. The topological polar surface area (TPSA) is 29.0 Å². The molecule has 0 bridgehead atoms. The molecule has 0 aliphatic carbocycles. The SMILES string of the molecule is C[C@@H]1Cc2ncnc(Cl)c2CN1Cc1ccccc1. The monoisotopic (exact) mass is 273 g/mol. The van der Waals surface area contributed by atoms with Crippen LogP contribution < -0.4 is 0 Å². The van der Waals surface area contributed by atoms with Gasteiger partial charge >= 0.3 is 0 Å². The van der Waals surface area contributed by atoms with E-state index in [1.165, 1.54) is 5.56 Å². The normalized spacial score (nSPS) is 19.2. The van der Waals surface area contributed by atoms with E-state index in [-0.39, 0.29) is 0 Å². The van der Waals surface area contributed by atoms with Crippen LogP contribution in [-0.2, 0) is 19.5 Å². The average Bonchev–Trinajstić information content (AvgIpc) is 2.42. The average molecular weight is 274 g/mol. The van der Waals surface area contributed by atoms with Gasteiger partial charge in [0.15, 0.2) is 0 Å². The number of benzene rings is 1. The molecule has 2 aromatic rings. The van der Waals surface area contributed by atoms with E-state index in [0.717, 1.165) is 30.8 Å². The first kappa shape index (κ1) is 12.6. The van der Waals surface area contributed by atoms with E-state index < -0.39 is 0 Å². The van der Waals surface area contributed by atoms with Crippen molar-refractivity contribution >= 4 is 11.6 Å². The number of aromatic nitrogens is 2. The lowest BCUT2D eigenvalue weighted by Gasteiger charge is -2.34. The van der Waals surface area contributed by atoms with E-state index in [1.54, 1.807) is 6.33 Å². The minimum absolute atomic E-state index is 0.471. The smallest absolute Gasteiger partial charge is 0.137 e. The molecule has 4 heteroatoms. The van der Waals surface area contributed by atoms with E-state index in [2.05, 4.69) is 46.1 Å². The van der Waals surface area contributed by atoms with Gasteiger partial charge in [-0.15, -0.1) is 0 Å². The Hall–Kier alpha value is -1.45. The van der Waals surface area contributed by atoms with Gasteiger partial charge in [-0.25, -0.2) is 9.97 Å². The van der Waals surface area contributed by atoms with Crippen LogP contribution in [0.4, 0.5) is 0 Å². The zero-order valence-electron chi connectivity index (χ0n) is 10.9. The van der Waals surface area contributed by atoms with E-state index in [1.807, 2.05) is 6.07 Å². The first-order valence-corrected chi connectivity index (χ1v) is 6.88. The number of nitrogens with zero attached hydrogens (tertiary/aromatic N) is 3. The molecule has 3 rings (SSSR count). The standard InChI is InChI=1S/C15H16ClN3/c1-11-7-14-13(15(16)18-10-17-14)9-19(11)8-12-5-3-2-4-6-12/h2-6,10-11H,7-9H2,1H3/t11-/m1/s1. The molecule has 0 N–H and O–H groups in total. The Morgan fingerprint density at radius 1 is 1.26 bits per heavy atom. The van der Waals surface area contributed by atoms with Crippen LogP contribution in [0.25, 0.3) is 0 Å². The largest absolute Gasteiger partial charge is 0.292 e. The summed E-state index contributed by atoms with van der Waals surface area (Å²) >= 11 is 6.18. The summed E-state index contributed by atoms with van der Waals surface area (Å²) in [4.78, 5) is 10.9. The number of rotatable bonds is 2. The third-order valence-corrected chi connectivity index (χ3v) is 4.01. The molecule has 0 radical (unpaired) electrons. The second-order valence-corrected chi connectivity index (χ2v) is 5.39. The number of hydrogen-bond acceptors (Lipinski definition) is 3. The minimum Gasteiger partial charge on any atom is -0.292 e. The number of halogens is 1. The molecule has 0 saturated heterocycles. The van der Waals surface area contributed by atoms with Gasteiger partial charge in [-0.3, -0.25) is 4.90 Å². The summed E-state index contributed by atoms with van der Waals surface area (Å²) in [6, 6.07) is 11.0. The molecule has 1 atom stereocenters. The fourth-order valence-electron chi connectivity index (χ4n) is 2.55. The molecular formula is C15H16ClN3. The van der Waals surface area contributed by atoms with Crippen LogP contribution in [0.2, 0.25) is 5.15 Å². The van der Waals surface area contributed by atoms with Crippen LogP contribution in [0, 0.1) is 0 Å². The Kier molecular flexibility index (Phi) is 3.49. The van der Waals surface area contributed by atoms with Crippen molar-refractivity contribution in [2.75, 3.05) is 0 Å². The van der Waals surface area contributed by atoms with E-state index in [4.69, 9.17) is 11.6 Å². The Balaban J connectivity index is 1.83. The molecule has 1 aliphatic heterocycles. The van der Waals surface area contributed by atoms with Crippen molar-refractivity contribution in [3.05, 3.63) is 58.6 Å². The summed E-state index contributed by atoms with van der Waals surface area (Å²) in [6.07, 6.45) is 2.49. The van der Waals surface area contributed by atoms with E-state index >= 15 is 0 Å². The zero-order chi connectivity index (χ0) is 13.2. The zero-order valence-corrected chi connectivity index (χ0v) is 11.6. The van der Waals surface area contributed by atoms with Crippen LogP contribution in [0.15, 0.2) is 36.7 Å². The Bertz CT molecular complexity index is 571. The van der Waals surface area contributed by atoms with Crippen LogP contribution in [0.5, 0.6) is 0 Å². The highest BCUT2D eigenvalue weighted by atomic mass is 35.5. The summed E-state index contributed by atoms with van der Waals surface area (Å²) in [6.45, 7) is 4.00. The molecule has 1 aliphatic rings. The van der Waals surface area contributed by atoms with Gasteiger partial charge in [0.1, 0.15) is 11.5 Å². The van der Waals surface area contributed by atoms with Gasteiger partial charge in [-0.1, -0.05) is 41.9 Å². The number of fused-ring (bicyclic) bond motifs is 1. The lowest BCUT2D eigenvalue weighted by Crippen LogP contribution is -2.38. The minimum atomic E-state index is 0.471. The van der Waals surface area contributed by atoms with Gasteiger partial charge in [0.05, 0.1) is 5.69 Å². The van der Waals surface area contributed by atoms with Crippen molar-refractivity contribution in [3.63, 3.8) is 0 Å².